The van der Waals surface area contributed by atoms with Gasteiger partial charge in [-0.05, 0) is 125 Å². The Labute approximate surface area is 329 Å². The summed E-state index contributed by atoms with van der Waals surface area (Å²) < 4.78 is 0. The van der Waals surface area contributed by atoms with Crippen molar-refractivity contribution in [1.29, 1.82) is 0 Å². The smallest absolute Gasteiger partial charge is 0.255 e. The maximum Gasteiger partial charge on any atom is 0.255 e. The molecule has 0 radical (unpaired) electrons. The minimum atomic E-state index is -0.588. The summed E-state index contributed by atoms with van der Waals surface area (Å²) in [5, 5.41) is 12.8. The number of allylic oxidation sites excluding steroid dienone is 1. The molecular formula is C47H51N5O4. The molecule has 9 rings (SSSR count). The van der Waals surface area contributed by atoms with Crippen LogP contribution in [-0.2, 0) is 22.6 Å². The average molecular weight is 750 g/mol. The fraction of sp³-hybridized carbons (Fsp3) is 0.383. The molecule has 2 N–H and O–H groups in total. The first-order valence-electron chi connectivity index (χ1n) is 20.5. The molecular weight excluding hydrogens is 699 g/mol. The number of phenolic OH excluding ortho intramolecular Hbond substituents is 1. The van der Waals surface area contributed by atoms with Crippen LogP contribution in [0.5, 0.6) is 5.75 Å². The first-order chi connectivity index (χ1) is 27.3. The fourth-order valence-corrected chi connectivity index (χ4v) is 9.82. The second kappa shape index (κ2) is 15.3. The molecule has 3 amide bonds. The van der Waals surface area contributed by atoms with Crippen molar-refractivity contribution in [2.24, 2.45) is 11.8 Å². The van der Waals surface area contributed by atoms with Crippen LogP contribution >= 0.6 is 0 Å². The Morgan fingerprint density at radius 2 is 1.39 bits per heavy atom. The molecule has 4 aromatic carbocycles. The zero-order valence-corrected chi connectivity index (χ0v) is 32.3. The van der Waals surface area contributed by atoms with Gasteiger partial charge in [0.2, 0.25) is 11.8 Å². The van der Waals surface area contributed by atoms with Crippen LogP contribution in [0.25, 0.3) is 11.1 Å². The van der Waals surface area contributed by atoms with Gasteiger partial charge in [0.1, 0.15) is 11.8 Å². The van der Waals surface area contributed by atoms with Crippen molar-refractivity contribution in [2.75, 3.05) is 55.6 Å². The number of piperazine rings is 1. The van der Waals surface area contributed by atoms with Crippen molar-refractivity contribution in [2.45, 2.75) is 58.0 Å². The van der Waals surface area contributed by atoms with Gasteiger partial charge in [0.15, 0.2) is 0 Å². The molecule has 0 aromatic heterocycles. The summed E-state index contributed by atoms with van der Waals surface area (Å²) in [4.78, 5) is 46.5. The number of benzene rings is 4. The molecule has 288 valence electrons. The summed E-state index contributed by atoms with van der Waals surface area (Å²) in [5.74, 6) is 0.634. The number of amides is 3. The lowest BCUT2D eigenvalue weighted by atomic mass is 9.84. The number of hydrogen-bond acceptors (Lipinski definition) is 7. The lowest BCUT2D eigenvalue weighted by molar-refractivity contribution is -0.136. The SMILES string of the molecule is C[C@@H]1CCc2cc(O)ccc2C(c2ccc(N3CCC(CN4CCN(c5ccc6c(c5)CN([C@H]5CCC(=O)NC5=O)C6=O)CC4)CC3)cc2)=C1c1ccccc1. The van der Waals surface area contributed by atoms with Gasteiger partial charge in [0.05, 0.1) is 0 Å². The highest BCUT2D eigenvalue weighted by molar-refractivity contribution is 6.05. The monoisotopic (exact) mass is 749 g/mol. The average Bonchev–Trinajstić information content (AvgIpc) is 3.47. The predicted octanol–water partition coefficient (Wildman–Crippen LogP) is 6.73. The molecule has 4 heterocycles. The number of carbonyl (C=O) groups is 3. The number of imide groups is 1. The zero-order valence-electron chi connectivity index (χ0n) is 32.3. The predicted molar refractivity (Wildman–Crippen MR) is 220 cm³/mol. The van der Waals surface area contributed by atoms with Gasteiger partial charge in [-0.15, -0.1) is 0 Å². The molecule has 56 heavy (non-hydrogen) atoms. The number of piperidine rings is 2. The maximum atomic E-state index is 13.2. The van der Waals surface area contributed by atoms with Crippen molar-refractivity contribution < 1.29 is 19.5 Å². The largest absolute Gasteiger partial charge is 0.508 e. The lowest BCUT2D eigenvalue weighted by Gasteiger charge is -2.40. The number of nitrogens with one attached hydrogen (secondary N) is 1. The van der Waals surface area contributed by atoms with Crippen LogP contribution in [0, 0.1) is 11.8 Å². The van der Waals surface area contributed by atoms with E-state index in [-0.39, 0.29) is 24.1 Å². The normalized spacial score (nSPS) is 22.2. The van der Waals surface area contributed by atoms with Crippen LogP contribution in [0.2, 0.25) is 0 Å². The number of phenols is 1. The summed E-state index contributed by atoms with van der Waals surface area (Å²) in [5.41, 5.74) is 11.6. The second-order valence-electron chi connectivity index (χ2n) is 16.4. The molecule has 4 aliphatic heterocycles. The number of hydrogen-bond donors (Lipinski definition) is 2. The molecule has 9 nitrogen and oxygen atoms in total. The van der Waals surface area contributed by atoms with E-state index in [9.17, 15) is 19.5 Å². The number of aryl methyl sites for hydroxylation is 1. The highest BCUT2D eigenvalue weighted by Crippen LogP contribution is 2.43. The van der Waals surface area contributed by atoms with Gasteiger partial charge in [-0.25, -0.2) is 0 Å². The van der Waals surface area contributed by atoms with Crippen LogP contribution < -0.4 is 15.1 Å². The highest BCUT2D eigenvalue weighted by atomic mass is 16.3. The van der Waals surface area contributed by atoms with Gasteiger partial charge >= 0.3 is 0 Å². The van der Waals surface area contributed by atoms with Gasteiger partial charge in [-0.1, -0.05) is 55.5 Å². The molecule has 0 saturated carbocycles. The van der Waals surface area contributed by atoms with Crippen molar-refractivity contribution >= 4 is 40.2 Å². The molecule has 0 bridgehead atoms. The number of rotatable bonds is 7. The van der Waals surface area contributed by atoms with Crippen LogP contribution in [0.4, 0.5) is 11.4 Å². The number of aromatic hydroxyl groups is 1. The van der Waals surface area contributed by atoms with E-state index in [0.29, 0.717) is 36.1 Å². The first-order valence-corrected chi connectivity index (χ1v) is 20.5. The Bertz CT molecular complexity index is 2170. The highest BCUT2D eigenvalue weighted by Gasteiger charge is 2.39. The van der Waals surface area contributed by atoms with E-state index >= 15 is 0 Å². The van der Waals surface area contributed by atoms with E-state index in [4.69, 9.17) is 0 Å². The summed E-state index contributed by atoms with van der Waals surface area (Å²) >= 11 is 0. The van der Waals surface area contributed by atoms with Gasteiger partial charge in [-0.3, -0.25) is 24.6 Å². The van der Waals surface area contributed by atoms with Gasteiger partial charge in [-0.2, -0.15) is 0 Å². The summed E-state index contributed by atoms with van der Waals surface area (Å²) in [6.07, 6.45) is 4.99. The molecule has 4 aromatic rings. The third-order valence-electron chi connectivity index (χ3n) is 12.9. The van der Waals surface area contributed by atoms with Crippen LogP contribution in [0.1, 0.15) is 77.2 Å². The Morgan fingerprint density at radius 1 is 0.679 bits per heavy atom. The Hall–Kier alpha value is -5.41. The Balaban J connectivity index is 0.807. The molecule has 9 heteroatoms. The van der Waals surface area contributed by atoms with E-state index in [1.165, 1.54) is 51.9 Å². The molecule has 0 unspecified atom stereocenters. The van der Waals surface area contributed by atoms with E-state index in [1.807, 2.05) is 24.3 Å². The van der Waals surface area contributed by atoms with E-state index < -0.39 is 6.04 Å². The van der Waals surface area contributed by atoms with Crippen LogP contribution in [0.15, 0.2) is 91.0 Å². The lowest BCUT2D eigenvalue weighted by Crippen LogP contribution is -2.52. The van der Waals surface area contributed by atoms with Gasteiger partial charge in [0, 0.05) is 75.7 Å². The number of fused-ring (bicyclic) bond motifs is 2. The Morgan fingerprint density at radius 3 is 2.14 bits per heavy atom. The summed E-state index contributed by atoms with van der Waals surface area (Å²) in [6.45, 7) is 9.92. The minimum absolute atomic E-state index is 0.123. The van der Waals surface area contributed by atoms with Crippen LogP contribution in [-0.4, -0.2) is 84.5 Å². The molecule has 1 aliphatic carbocycles. The minimum Gasteiger partial charge on any atom is -0.508 e. The number of anilines is 2. The quantitative estimate of drug-likeness (QED) is 0.202. The summed E-state index contributed by atoms with van der Waals surface area (Å²) in [6, 6.07) is 31.4. The number of nitrogens with zero attached hydrogens (tertiary/aromatic N) is 4. The molecule has 2 atom stereocenters. The third-order valence-corrected chi connectivity index (χ3v) is 12.9. The van der Waals surface area contributed by atoms with E-state index in [2.05, 4.69) is 93.7 Å². The molecule has 0 spiro atoms. The van der Waals surface area contributed by atoms with Crippen molar-refractivity contribution in [1.82, 2.24) is 15.1 Å². The van der Waals surface area contributed by atoms with Crippen molar-refractivity contribution in [3.63, 3.8) is 0 Å². The van der Waals surface area contributed by atoms with E-state index in [0.717, 1.165) is 69.9 Å². The summed E-state index contributed by atoms with van der Waals surface area (Å²) in [7, 11) is 0. The second-order valence-corrected chi connectivity index (χ2v) is 16.4. The zero-order chi connectivity index (χ0) is 38.3. The Kier molecular flexibility index (Phi) is 9.88. The van der Waals surface area contributed by atoms with Crippen molar-refractivity contribution in [3.8, 4) is 5.75 Å². The molecule has 3 saturated heterocycles. The van der Waals surface area contributed by atoms with Gasteiger partial charge < -0.3 is 19.8 Å². The van der Waals surface area contributed by atoms with Crippen LogP contribution in [0.3, 0.4) is 0 Å². The topological polar surface area (TPSA) is 96.4 Å². The maximum absolute atomic E-state index is 13.2. The molecule has 5 aliphatic rings. The number of carbonyl (C=O) groups excluding carboxylic acids is 3. The molecule has 3 fully saturated rings. The fourth-order valence-electron chi connectivity index (χ4n) is 9.82. The van der Waals surface area contributed by atoms with E-state index in [1.54, 1.807) is 4.90 Å². The van der Waals surface area contributed by atoms with Crippen molar-refractivity contribution in [3.05, 3.63) is 124 Å². The van der Waals surface area contributed by atoms with Gasteiger partial charge in [0.25, 0.3) is 5.91 Å². The third kappa shape index (κ3) is 7.09. The standard InChI is InChI=1S/C47H51N5O4/c1-31-7-8-35-28-39(53)14-16-40(35)45(44(31)33-5-3-2-4-6-33)34-9-11-37(12-10-34)50-21-19-32(20-22-50)29-49-23-25-51(26-24-49)38-13-15-41-36(27-38)30-52(47(41)56)42-17-18-43(54)48-46(42)55/h2-6,9-16,27-28,31-32,42,53H,7-8,17-26,29-30H2,1H3,(H,48,54,55)/t31-,42+/m1/s1. The first kappa shape index (κ1) is 36.2.